The molecule has 0 radical (unpaired) electrons. The normalized spacial score (nSPS) is 12.0. The van der Waals surface area contributed by atoms with E-state index in [1.807, 2.05) is 7.05 Å². The minimum absolute atomic E-state index is 0.123. The van der Waals surface area contributed by atoms with E-state index >= 15 is 0 Å². The van der Waals surface area contributed by atoms with Gasteiger partial charge in [0.15, 0.2) is 5.82 Å². The van der Waals surface area contributed by atoms with Crippen molar-refractivity contribution in [2.24, 2.45) is 7.05 Å². The van der Waals surface area contributed by atoms with E-state index in [9.17, 15) is 0 Å². The third-order valence-electron chi connectivity index (χ3n) is 2.72. The van der Waals surface area contributed by atoms with Crippen LogP contribution in [-0.4, -0.2) is 20.2 Å². The van der Waals surface area contributed by atoms with Gasteiger partial charge < -0.3 is 0 Å². The first-order valence-corrected chi connectivity index (χ1v) is 4.37. The van der Waals surface area contributed by atoms with Crippen LogP contribution in [0.3, 0.4) is 0 Å². The zero-order valence-corrected chi connectivity index (χ0v) is 8.20. The van der Waals surface area contributed by atoms with Gasteiger partial charge in [0.25, 0.3) is 0 Å². The summed E-state index contributed by atoms with van der Waals surface area (Å²) in [5, 5.41) is 11.5. The smallest absolute Gasteiger partial charge is 0.156 e. The summed E-state index contributed by atoms with van der Waals surface area (Å²) in [7, 11) is 1.89. The third-order valence-corrected chi connectivity index (χ3v) is 2.72. The molecule has 1 aromatic rings. The molecule has 0 N–H and O–H groups in total. The van der Waals surface area contributed by atoms with E-state index < -0.39 is 0 Å². The molecule has 1 rings (SSSR count). The Morgan fingerprint density at radius 1 is 1.33 bits per heavy atom. The van der Waals surface area contributed by atoms with Crippen LogP contribution < -0.4 is 0 Å². The highest BCUT2D eigenvalue weighted by Crippen LogP contribution is 2.27. The SMILES string of the molecule is CCC(C)(CC)c1nnnn1C. The first kappa shape index (κ1) is 9.16. The van der Waals surface area contributed by atoms with Gasteiger partial charge in [0.05, 0.1) is 0 Å². The summed E-state index contributed by atoms with van der Waals surface area (Å²) in [6.07, 6.45) is 2.13. The third kappa shape index (κ3) is 1.33. The van der Waals surface area contributed by atoms with Crippen LogP contribution in [-0.2, 0) is 12.5 Å². The highest BCUT2D eigenvalue weighted by atomic mass is 15.5. The Hall–Kier alpha value is -0.930. The topological polar surface area (TPSA) is 43.6 Å². The van der Waals surface area contributed by atoms with Gasteiger partial charge in [0.1, 0.15) is 0 Å². The fourth-order valence-corrected chi connectivity index (χ4v) is 1.31. The summed E-state index contributed by atoms with van der Waals surface area (Å²) < 4.78 is 1.76. The number of tetrazole rings is 1. The maximum absolute atomic E-state index is 4.03. The Morgan fingerprint density at radius 3 is 2.25 bits per heavy atom. The average Bonchev–Trinajstić information content (AvgIpc) is 2.51. The van der Waals surface area contributed by atoms with Gasteiger partial charge in [-0.2, -0.15) is 0 Å². The lowest BCUT2D eigenvalue weighted by Crippen LogP contribution is -2.24. The number of hydrogen-bond acceptors (Lipinski definition) is 3. The molecule has 0 fully saturated rings. The van der Waals surface area contributed by atoms with E-state index in [0.717, 1.165) is 18.7 Å². The predicted molar refractivity (Wildman–Crippen MR) is 46.7 cm³/mol. The van der Waals surface area contributed by atoms with E-state index in [-0.39, 0.29) is 5.41 Å². The van der Waals surface area contributed by atoms with Crippen molar-refractivity contribution in [1.82, 2.24) is 20.2 Å². The number of hydrogen-bond donors (Lipinski definition) is 0. The van der Waals surface area contributed by atoms with Crippen LogP contribution in [0.25, 0.3) is 0 Å². The van der Waals surface area contributed by atoms with Gasteiger partial charge in [-0.3, -0.25) is 0 Å². The van der Waals surface area contributed by atoms with Gasteiger partial charge in [0.2, 0.25) is 0 Å². The lowest BCUT2D eigenvalue weighted by Gasteiger charge is -2.23. The Balaban J connectivity index is 3.02. The summed E-state index contributed by atoms with van der Waals surface area (Å²) in [4.78, 5) is 0. The lowest BCUT2D eigenvalue weighted by molar-refractivity contribution is 0.393. The highest BCUT2D eigenvalue weighted by Gasteiger charge is 2.27. The van der Waals surface area contributed by atoms with Crippen LogP contribution in [0, 0.1) is 0 Å². The Labute approximate surface area is 73.0 Å². The maximum atomic E-state index is 4.03. The summed E-state index contributed by atoms with van der Waals surface area (Å²) in [5.74, 6) is 0.979. The van der Waals surface area contributed by atoms with Gasteiger partial charge >= 0.3 is 0 Å². The van der Waals surface area contributed by atoms with Gasteiger partial charge in [-0.05, 0) is 23.3 Å². The number of rotatable bonds is 3. The highest BCUT2D eigenvalue weighted by molar-refractivity contribution is 5.02. The molecular weight excluding hydrogens is 152 g/mol. The fourth-order valence-electron chi connectivity index (χ4n) is 1.31. The van der Waals surface area contributed by atoms with Crippen LogP contribution >= 0.6 is 0 Å². The first-order valence-electron chi connectivity index (χ1n) is 4.37. The van der Waals surface area contributed by atoms with Gasteiger partial charge in [-0.15, -0.1) is 5.10 Å². The molecule has 68 valence electrons. The van der Waals surface area contributed by atoms with E-state index in [4.69, 9.17) is 0 Å². The van der Waals surface area contributed by atoms with Crippen molar-refractivity contribution in [2.75, 3.05) is 0 Å². The molecule has 0 atom stereocenters. The van der Waals surface area contributed by atoms with Crippen LogP contribution in [0.1, 0.15) is 39.4 Å². The van der Waals surface area contributed by atoms with Crippen molar-refractivity contribution in [3.05, 3.63) is 5.82 Å². The monoisotopic (exact) mass is 168 g/mol. The molecule has 0 saturated carbocycles. The van der Waals surface area contributed by atoms with E-state index in [2.05, 4.69) is 36.3 Å². The van der Waals surface area contributed by atoms with Crippen LogP contribution in [0.15, 0.2) is 0 Å². The summed E-state index contributed by atoms with van der Waals surface area (Å²) in [5.41, 5.74) is 0.123. The summed E-state index contributed by atoms with van der Waals surface area (Å²) in [6.45, 7) is 6.52. The Kier molecular flexibility index (Phi) is 2.45. The van der Waals surface area contributed by atoms with E-state index in [1.54, 1.807) is 4.68 Å². The van der Waals surface area contributed by atoms with E-state index in [0.29, 0.717) is 0 Å². The molecule has 0 unspecified atom stereocenters. The minimum atomic E-state index is 0.123. The van der Waals surface area contributed by atoms with Gasteiger partial charge in [0, 0.05) is 12.5 Å². The van der Waals surface area contributed by atoms with Crippen molar-refractivity contribution in [2.45, 2.75) is 39.0 Å². The van der Waals surface area contributed by atoms with Crippen LogP contribution in [0.5, 0.6) is 0 Å². The molecule has 4 nitrogen and oxygen atoms in total. The minimum Gasteiger partial charge on any atom is -0.232 e. The molecule has 0 saturated heterocycles. The number of aryl methyl sites for hydroxylation is 1. The molecule has 12 heavy (non-hydrogen) atoms. The molecule has 0 amide bonds. The van der Waals surface area contributed by atoms with Crippen molar-refractivity contribution in [3.8, 4) is 0 Å². The zero-order valence-electron chi connectivity index (χ0n) is 8.20. The van der Waals surface area contributed by atoms with Crippen molar-refractivity contribution < 1.29 is 0 Å². The number of aromatic nitrogens is 4. The van der Waals surface area contributed by atoms with Crippen LogP contribution in [0.2, 0.25) is 0 Å². The molecule has 0 aliphatic rings. The predicted octanol–water partition coefficient (Wildman–Crippen LogP) is 1.29. The first-order chi connectivity index (χ1) is 5.64. The molecule has 1 aromatic heterocycles. The molecular formula is C8H16N4. The standard InChI is InChI=1S/C8H16N4/c1-5-8(3,6-2)7-9-10-11-12(7)4/h5-6H2,1-4H3. The zero-order chi connectivity index (χ0) is 9.19. The molecule has 1 heterocycles. The Bertz CT molecular complexity index is 249. The average molecular weight is 168 g/mol. The maximum Gasteiger partial charge on any atom is 0.156 e. The largest absolute Gasteiger partial charge is 0.232 e. The quantitative estimate of drug-likeness (QED) is 0.683. The van der Waals surface area contributed by atoms with Crippen LogP contribution in [0.4, 0.5) is 0 Å². The van der Waals surface area contributed by atoms with Crippen molar-refractivity contribution in [3.63, 3.8) is 0 Å². The Morgan fingerprint density at radius 2 is 1.92 bits per heavy atom. The molecule has 0 aliphatic carbocycles. The fraction of sp³-hybridized carbons (Fsp3) is 0.875. The second-order valence-corrected chi connectivity index (χ2v) is 3.39. The lowest BCUT2D eigenvalue weighted by atomic mass is 9.84. The van der Waals surface area contributed by atoms with Gasteiger partial charge in [-0.1, -0.05) is 20.8 Å². The molecule has 0 aromatic carbocycles. The van der Waals surface area contributed by atoms with Gasteiger partial charge in [-0.25, -0.2) is 4.68 Å². The molecule has 4 heteroatoms. The summed E-state index contributed by atoms with van der Waals surface area (Å²) >= 11 is 0. The second kappa shape index (κ2) is 3.21. The molecule has 0 aliphatic heterocycles. The number of nitrogens with zero attached hydrogens (tertiary/aromatic N) is 4. The molecule has 0 bridgehead atoms. The molecule has 0 spiro atoms. The van der Waals surface area contributed by atoms with Crippen molar-refractivity contribution >= 4 is 0 Å². The van der Waals surface area contributed by atoms with Crippen molar-refractivity contribution in [1.29, 1.82) is 0 Å². The van der Waals surface area contributed by atoms with E-state index in [1.165, 1.54) is 0 Å². The summed E-state index contributed by atoms with van der Waals surface area (Å²) in [6, 6.07) is 0. The second-order valence-electron chi connectivity index (χ2n) is 3.39.